The molecule has 1 aromatic rings. The maximum absolute atomic E-state index is 12.2. The molecule has 2 heterocycles. The molecule has 122 valence electrons. The molecule has 2 rings (SSSR count). The van der Waals surface area contributed by atoms with Gasteiger partial charge in [0, 0.05) is 23.8 Å². The third-order valence-electron chi connectivity index (χ3n) is 3.60. The number of rotatable bonds is 4. The largest absolute Gasteiger partial charge is 0.448 e. The van der Waals surface area contributed by atoms with Crippen LogP contribution in [0.25, 0.3) is 0 Å². The molecule has 2 atom stereocenters. The fourth-order valence-corrected chi connectivity index (χ4v) is 4.43. The Morgan fingerprint density at radius 2 is 2.18 bits per heavy atom. The van der Waals surface area contributed by atoms with Gasteiger partial charge in [-0.25, -0.2) is 13.2 Å². The molecule has 0 spiro atoms. The standard InChI is InChI=1S/C13H17BrN2O5S/c1-8(21-13(18)11-5-9(14)6-15-11)12(17)16(2)10-3-4-22(19,20)7-10/h5-6,8,10,15H,3-4,7H2,1-2H3. The van der Waals surface area contributed by atoms with Gasteiger partial charge in [0.2, 0.25) is 0 Å². The molecule has 1 fully saturated rings. The van der Waals surface area contributed by atoms with Crippen molar-refractivity contribution in [2.24, 2.45) is 0 Å². The number of esters is 1. The van der Waals surface area contributed by atoms with Crippen molar-refractivity contribution in [3.8, 4) is 0 Å². The van der Waals surface area contributed by atoms with Gasteiger partial charge in [-0.1, -0.05) is 0 Å². The first-order chi connectivity index (χ1) is 10.2. The molecule has 9 heteroatoms. The molecule has 0 bridgehead atoms. The number of carbonyl (C=O) groups excluding carboxylic acids is 2. The van der Waals surface area contributed by atoms with Gasteiger partial charge >= 0.3 is 5.97 Å². The summed E-state index contributed by atoms with van der Waals surface area (Å²) < 4.78 is 28.8. The average Bonchev–Trinajstić information content (AvgIpc) is 3.02. The first-order valence-electron chi connectivity index (χ1n) is 6.71. The molecular weight excluding hydrogens is 376 g/mol. The van der Waals surface area contributed by atoms with Crippen LogP contribution in [0.5, 0.6) is 0 Å². The number of H-pyrrole nitrogens is 1. The first kappa shape index (κ1) is 17.0. The van der Waals surface area contributed by atoms with Gasteiger partial charge < -0.3 is 14.6 Å². The zero-order valence-electron chi connectivity index (χ0n) is 12.2. The Kier molecular flexibility index (Phi) is 4.96. The van der Waals surface area contributed by atoms with Crippen LogP contribution in [0.4, 0.5) is 0 Å². The second kappa shape index (κ2) is 6.41. The third kappa shape index (κ3) is 3.89. The molecule has 1 amide bonds. The topological polar surface area (TPSA) is 96.5 Å². The van der Waals surface area contributed by atoms with E-state index in [1.165, 1.54) is 18.9 Å². The minimum Gasteiger partial charge on any atom is -0.448 e. The molecule has 1 aromatic heterocycles. The van der Waals surface area contributed by atoms with Gasteiger partial charge in [-0.05, 0) is 35.3 Å². The summed E-state index contributed by atoms with van der Waals surface area (Å²) in [6.07, 6.45) is 1.01. The minimum atomic E-state index is -3.07. The lowest BCUT2D eigenvalue weighted by Crippen LogP contribution is -2.44. The van der Waals surface area contributed by atoms with E-state index >= 15 is 0 Å². The fraction of sp³-hybridized carbons (Fsp3) is 0.538. The molecule has 1 saturated heterocycles. The summed E-state index contributed by atoms with van der Waals surface area (Å²) in [6, 6.07) is 1.19. The Labute approximate surface area is 137 Å². The van der Waals surface area contributed by atoms with Crippen LogP contribution in [0, 0.1) is 0 Å². The zero-order chi connectivity index (χ0) is 16.5. The van der Waals surface area contributed by atoms with Crippen molar-refractivity contribution in [2.45, 2.75) is 25.5 Å². The molecule has 1 aliphatic rings. The number of ether oxygens (including phenoxy) is 1. The molecule has 0 aliphatic carbocycles. The number of aromatic nitrogens is 1. The Morgan fingerprint density at radius 1 is 1.50 bits per heavy atom. The Morgan fingerprint density at radius 3 is 2.68 bits per heavy atom. The predicted octanol–water partition coefficient (Wildman–Crippen LogP) is 0.968. The van der Waals surface area contributed by atoms with Gasteiger partial charge in [-0.15, -0.1) is 0 Å². The highest BCUT2D eigenvalue weighted by atomic mass is 79.9. The summed E-state index contributed by atoms with van der Waals surface area (Å²) in [4.78, 5) is 28.2. The molecule has 1 aliphatic heterocycles. The van der Waals surface area contributed by atoms with Crippen LogP contribution >= 0.6 is 15.9 Å². The molecule has 2 unspecified atom stereocenters. The summed E-state index contributed by atoms with van der Waals surface area (Å²) >= 11 is 3.20. The Balaban J connectivity index is 1.95. The van der Waals surface area contributed by atoms with E-state index < -0.39 is 27.8 Å². The van der Waals surface area contributed by atoms with Crippen LogP contribution < -0.4 is 0 Å². The second-order valence-corrected chi connectivity index (χ2v) is 8.43. The number of nitrogens with zero attached hydrogens (tertiary/aromatic N) is 1. The first-order valence-corrected chi connectivity index (χ1v) is 9.33. The van der Waals surface area contributed by atoms with E-state index in [0.29, 0.717) is 10.9 Å². The van der Waals surface area contributed by atoms with Gasteiger partial charge in [0.15, 0.2) is 15.9 Å². The van der Waals surface area contributed by atoms with Crippen molar-refractivity contribution in [1.82, 2.24) is 9.88 Å². The molecule has 0 radical (unpaired) electrons. The third-order valence-corrected chi connectivity index (χ3v) is 5.81. The van der Waals surface area contributed by atoms with Gasteiger partial charge in [0.05, 0.1) is 11.5 Å². The number of carbonyl (C=O) groups is 2. The van der Waals surface area contributed by atoms with Crippen LogP contribution in [0.2, 0.25) is 0 Å². The number of hydrogen-bond donors (Lipinski definition) is 1. The molecule has 7 nitrogen and oxygen atoms in total. The lowest BCUT2D eigenvalue weighted by atomic mass is 10.2. The molecule has 22 heavy (non-hydrogen) atoms. The highest BCUT2D eigenvalue weighted by molar-refractivity contribution is 9.10. The van der Waals surface area contributed by atoms with E-state index in [9.17, 15) is 18.0 Å². The lowest BCUT2D eigenvalue weighted by molar-refractivity contribution is -0.140. The monoisotopic (exact) mass is 392 g/mol. The summed E-state index contributed by atoms with van der Waals surface area (Å²) in [7, 11) is -1.54. The highest BCUT2D eigenvalue weighted by Gasteiger charge is 2.35. The highest BCUT2D eigenvalue weighted by Crippen LogP contribution is 2.18. The fourth-order valence-electron chi connectivity index (χ4n) is 2.31. The smallest absolute Gasteiger partial charge is 0.355 e. The van der Waals surface area contributed by atoms with Crippen molar-refractivity contribution in [3.05, 3.63) is 22.4 Å². The van der Waals surface area contributed by atoms with Crippen LogP contribution in [0.15, 0.2) is 16.7 Å². The number of hydrogen-bond acceptors (Lipinski definition) is 5. The summed E-state index contributed by atoms with van der Waals surface area (Å²) in [6.45, 7) is 1.47. The van der Waals surface area contributed by atoms with Gasteiger partial charge in [-0.3, -0.25) is 4.79 Å². The summed E-state index contributed by atoms with van der Waals surface area (Å²) in [5.74, 6) is -1.01. The van der Waals surface area contributed by atoms with E-state index in [1.807, 2.05) is 0 Å². The number of likely N-dealkylation sites (N-methyl/N-ethyl adjacent to an activating group) is 1. The summed E-state index contributed by atoms with van der Waals surface area (Å²) in [5, 5.41) is 0. The predicted molar refractivity (Wildman–Crippen MR) is 83.2 cm³/mol. The number of amides is 1. The van der Waals surface area contributed by atoms with Crippen molar-refractivity contribution >= 4 is 37.6 Å². The van der Waals surface area contributed by atoms with Crippen LogP contribution in [0.3, 0.4) is 0 Å². The number of nitrogens with one attached hydrogen (secondary N) is 1. The van der Waals surface area contributed by atoms with Crippen LogP contribution in [-0.2, 0) is 19.4 Å². The van der Waals surface area contributed by atoms with E-state index in [0.717, 1.165) is 0 Å². The van der Waals surface area contributed by atoms with E-state index in [-0.39, 0.29) is 23.2 Å². The second-order valence-electron chi connectivity index (χ2n) is 5.29. The molecular formula is C13H17BrN2O5S. The van der Waals surface area contributed by atoms with Gasteiger partial charge in [-0.2, -0.15) is 0 Å². The average molecular weight is 393 g/mol. The van der Waals surface area contributed by atoms with Crippen molar-refractivity contribution < 1.29 is 22.7 Å². The van der Waals surface area contributed by atoms with Crippen molar-refractivity contribution in [1.29, 1.82) is 0 Å². The quantitative estimate of drug-likeness (QED) is 0.769. The maximum Gasteiger partial charge on any atom is 0.355 e. The van der Waals surface area contributed by atoms with Gasteiger partial charge in [0.1, 0.15) is 5.69 Å². The zero-order valence-corrected chi connectivity index (χ0v) is 14.6. The van der Waals surface area contributed by atoms with Gasteiger partial charge in [0.25, 0.3) is 5.91 Å². The van der Waals surface area contributed by atoms with E-state index in [4.69, 9.17) is 4.74 Å². The van der Waals surface area contributed by atoms with E-state index in [2.05, 4.69) is 20.9 Å². The van der Waals surface area contributed by atoms with Crippen molar-refractivity contribution in [3.63, 3.8) is 0 Å². The minimum absolute atomic E-state index is 0.0422. The molecule has 0 aromatic carbocycles. The van der Waals surface area contributed by atoms with Crippen molar-refractivity contribution in [2.75, 3.05) is 18.6 Å². The molecule has 0 saturated carbocycles. The van der Waals surface area contributed by atoms with Crippen LogP contribution in [-0.4, -0.2) is 60.9 Å². The number of aromatic amines is 1. The molecule has 1 N–H and O–H groups in total. The lowest BCUT2D eigenvalue weighted by Gasteiger charge is -2.26. The maximum atomic E-state index is 12.2. The Bertz CT molecular complexity index is 684. The van der Waals surface area contributed by atoms with E-state index in [1.54, 1.807) is 12.3 Å². The normalized spacial score (nSPS) is 21.3. The Hall–Kier alpha value is -1.35. The van der Waals surface area contributed by atoms with Crippen LogP contribution in [0.1, 0.15) is 23.8 Å². The SMILES string of the molecule is CC(OC(=O)c1cc(Br)c[nH]1)C(=O)N(C)C1CCS(=O)(=O)C1. The number of sulfone groups is 1. The summed E-state index contributed by atoms with van der Waals surface area (Å²) in [5.41, 5.74) is 0.234. The number of halogens is 1.